The maximum atomic E-state index is 15.2. The molecule has 16 heteroatoms. The largest absolute Gasteiger partial charge is 0.481 e. The molecule has 13 nitrogen and oxygen atoms in total. The van der Waals surface area contributed by atoms with Gasteiger partial charge in [-0.1, -0.05) is 181 Å². The van der Waals surface area contributed by atoms with Gasteiger partial charge in [0.05, 0.1) is 12.7 Å². The lowest BCUT2D eigenvalue weighted by molar-refractivity contribution is -0.209. The van der Waals surface area contributed by atoms with Gasteiger partial charge in [0, 0.05) is 53.2 Å². The van der Waals surface area contributed by atoms with Crippen LogP contribution in [0.4, 0.5) is 14.6 Å². The minimum atomic E-state index is -4.88. The lowest BCUT2D eigenvalue weighted by Gasteiger charge is -2.33. The van der Waals surface area contributed by atoms with Gasteiger partial charge in [-0.05, 0) is 18.9 Å². The van der Waals surface area contributed by atoms with E-state index in [1.165, 1.54) is 162 Å². The molecule has 378 valence electrons. The highest BCUT2D eigenvalue weighted by molar-refractivity contribution is 7.48. The molecule has 1 fully saturated rings. The van der Waals surface area contributed by atoms with Gasteiger partial charge in [-0.25, -0.2) is 27.2 Å². The third-order valence-electron chi connectivity index (χ3n) is 11.6. The van der Waals surface area contributed by atoms with E-state index in [9.17, 15) is 18.9 Å². The van der Waals surface area contributed by atoms with Crippen LogP contribution >= 0.6 is 7.82 Å². The number of halogens is 2. The van der Waals surface area contributed by atoms with E-state index in [4.69, 9.17) is 33.5 Å². The number of unbranched alkanes of at least 4 members (excludes halogenated alkanes) is 26. The highest BCUT2D eigenvalue weighted by Gasteiger charge is 2.53. The maximum absolute atomic E-state index is 15.2. The summed E-state index contributed by atoms with van der Waals surface area (Å²) in [6.45, 7) is 9.12. The molecule has 1 aliphatic heterocycles. The monoisotopic (exact) mass is 948 g/mol. The first kappa shape index (κ1) is 58.7. The minimum absolute atomic E-state index is 0.102. The average molecular weight is 948 g/mol. The highest BCUT2D eigenvalue weighted by Crippen LogP contribution is 2.57. The first-order valence-electron chi connectivity index (χ1n) is 25.4. The predicted molar refractivity (Wildman–Crippen MR) is 252 cm³/mol. The summed E-state index contributed by atoms with van der Waals surface area (Å²) in [6.07, 6.45) is 29.7. The number of carbonyl (C=O) groups excluding carboxylic acids is 2. The molecule has 1 aromatic rings. The highest BCUT2D eigenvalue weighted by atomic mass is 31.2. The molecule has 0 amide bonds. The molecule has 0 spiro atoms. The van der Waals surface area contributed by atoms with Gasteiger partial charge in [0.15, 0.2) is 0 Å². The van der Waals surface area contributed by atoms with Gasteiger partial charge in [0.2, 0.25) is 17.8 Å². The lowest BCUT2D eigenvalue weighted by atomic mass is 10.0. The summed E-state index contributed by atoms with van der Waals surface area (Å²) >= 11 is 0. The van der Waals surface area contributed by atoms with E-state index in [2.05, 4.69) is 18.8 Å². The van der Waals surface area contributed by atoms with Gasteiger partial charge < -0.3 is 19.9 Å². The molecule has 65 heavy (non-hydrogen) atoms. The number of nitrogens with zero attached hydrogens (tertiary/aromatic N) is 2. The zero-order valence-electron chi connectivity index (χ0n) is 41.2. The van der Waals surface area contributed by atoms with Crippen LogP contribution in [0, 0.1) is 0 Å². The number of hydrogen-bond donors (Lipinski definition) is 1. The predicted octanol–water partition coefficient (Wildman–Crippen LogP) is 14.2. The number of ether oxygens (including phenoxy) is 3. The van der Waals surface area contributed by atoms with Crippen LogP contribution in [0.2, 0.25) is 0 Å². The number of carbonyl (C=O) groups is 2. The van der Waals surface area contributed by atoms with Crippen molar-refractivity contribution < 1.29 is 50.7 Å². The Morgan fingerprint density at radius 2 is 1.05 bits per heavy atom. The Balaban J connectivity index is 1.89. The number of anilines is 1. The molecule has 0 aliphatic carbocycles. The molecule has 0 aromatic carbocycles. The van der Waals surface area contributed by atoms with Crippen molar-refractivity contribution in [3.8, 4) is 0 Å². The van der Waals surface area contributed by atoms with Gasteiger partial charge in [-0.2, -0.15) is 4.98 Å². The number of phosphoric acid groups is 1. The number of esters is 2. The molecule has 0 radical (unpaired) electrons. The Morgan fingerprint density at radius 3 is 1.40 bits per heavy atom. The molecular weight excluding hydrogens is 860 g/mol. The fourth-order valence-electron chi connectivity index (χ4n) is 8.11. The van der Waals surface area contributed by atoms with E-state index in [-0.39, 0.29) is 18.7 Å². The van der Waals surface area contributed by atoms with Crippen molar-refractivity contribution in [2.75, 3.05) is 12.3 Å². The summed E-state index contributed by atoms with van der Waals surface area (Å²) in [6, 6.07) is 1.19. The van der Waals surface area contributed by atoms with E-state index in [0.717, 1.165) is 44.7 Å². The quantitative estimate of drug-likeness (QED) is 0.0287. The number of hydrogen-bond acceptors (Lipinski definition) is 12. The molecule has 2 rings (SSSR count). The van der Waals surface area contributed by atoms with Crippen molar-refractivity contribution in [1.29, 1.82) is 0 Å². The number of aromatic nitrogens is 2. The standard InChI is InChI=1S/C49H88F2N3O10P/c1-7-9-11-13-15-17-19-21-23-25-27-29-31-33-35-43(55)61-47(3,4)63-65(58,59-40-41-39-49(50,51)45(60-41)54-38-37-42(52)53-46(54)57)64-48(5,6)62-44(56)36-34-32-30-28-26-24-22-20-18-16-14-12-10-8-2/h37-38,41,45H,7-36,39-40H2,1-6H3,(H2,52,53,57). The molecule has 1 aromatic heterocycles. The Labute approximate surface area is 390 Å². The molecule has 2 unspecified atom stereocenters. The van der Waals surface area contributed by atoms with E-state index in [0.29, 0.717) is 17.4 Å². The first-order valence-corrected chi connectivity index (χ1v) is 26.8. The van der Waals surface area contributed by atoms with Crippen LogP contribution in [0.1, 0.15) is 247 Å². The second kappa shape index (κ2) is 32.3. The number of nitrogen functional groups attached to an aromatic ring is 1. The molecule has 2 heterocycles. The van der Waals surface area contributed by atoms with Crippen molar-refractivity contribution in [1.82, 2.24) is 9.55 Å². The van der Waals surface area contributed by atoms with Gasteiger partial charge in [0.25, 0.3) is 5.92 Å². The third kappa shape index (κ3) is 27.2. The third-order valence-corrected chi connectivity index (χ3v) is 13.3. The fourth-order valence-corrected chi connectivity index (χ4v) is 9.75. The summed E-state index contributed by atoms with van der Waals surface area (Å²) in [5.74, 6) is -8.63. The molecule has 0 bridgehead atoms. The van der Waals surface area contributed by atoms with Crippen LogP contribution in [0.5, 0.6) is 0 Å². The van der Waals surface area contributed by atoms with E-state index >= 15 is 8.78 Å². The zero-order chi connectivity index (χ0) is 48.0. The SMILES string of the molecule is CCCCCCCCCCCCCCCCC(=O)OC(C)(C)OP(=O)(OCC1CC(F)(F)C(n2ccc(N)nc2=O)O1)OC(C)(C)OC(=O)CCCCCCCCCCCCCCCC. The van der Waals surface area contributed by atoms with Crippen LogP contribution in [0.3, 0.4) is 0 Å². The van der Waals surface area contributed by atoms with E-state index in [1.807, 2.05) is 0 Å². The second-order valence-corrected chi connectivity index (χ2v) is 20.5. The Kier molecular flexibility index (Phi) is 29.2. The average Bonchev–Trinajstić information content (AvgIpc) is 3.52. The van der Waals surface area contributed by atoms with Crippen molar-refractivity contribution in [3.63, 3.8) is 0 Å². The molecule has 1 aliphatic rings. The van der Waals surface area contributed by atoms with Crippen molar-refractivity contribution in [2.45, 2.75) is 270 Å². The van der Waals surface area contributed by atoms with Crippen molar-refractivity contribution in [3.05, 3.63) is 22.7 Å². The Morgan fingerprint density at radius 1 is 0.692 bits per heavy atom. The van der Waals surface area contributed by atoms with E-state index < -0.39 is 68.3 Å². The second-order valence-electron chi connectivity index (χ2n) is 19.0. The summed E-state index contributed by atoms with van der Waals surface area (Å²) in [4.78, 5) is 41.8. The molecule has 1 saturated heterocycles. The van der Waals surface area contributed by atoms with Crippen LogP contribution in [-0.4, -0.2) is 51.7 Å². The summed E-state index contributed by atoms with van der Waals surface area (Å²) in [7, 11) is -4.88. The number of alkyl halides is 2. The van der Waals surface area contributed by atoms with Crippen LogP contribution in [0.25, 0.3) is 0 Å². The topological polar surface area (TPSA) is 167 Å². The maximum Gasteiger partial charge on any atom is 0.481 e. The molecular formula is C49H88F2N3O10P. The summed E-state index contributed by atoms with van der Waals surface area (Å²) in [5, 5.41) is 0. The smallest absolute Gasteiger partial charge is 0.433 e. The van der Waals surface area contributed by atoms with Gasteiger partial charge in [-0.3, -0.25) is 18.7 Å². The Hall–Kier alpha value is -2.45. The fraction of sp³-hybridized carbons (Fsp3) is 0.878. The van der Waals surface area contributed by atoms with Crippen molar-refractivity contribution in [2.24, 2.45) is 0 Å². The first-order chi connectivity index (χ1) is 30.9. The molecule has 0 saturated carbocycles. The van der Waals surface area contributed by atoms with Crippen LogP contribution in [-0.2, 0) is 41.9 Å². The molecule has 2 atom stereocenters. The normalized spacial score (nSPS) is 16.6. The zero-order valence-corrected chi connectivity index (χ0v) is 42.1. The summed E-state index contributed by atoms with van der Waals surface area (Å²) in [5.41, 5.74) is 4.49. The van der Waals surface area contributed by atoms with Crippen LogP contribution < -0.4 is 11.4 Å². The number of phosphoric ester groups is 1. The van der Waals surface area contributed by atoms with Crippen molar-refractivity contribution >= 4 is 25.6 Å². The lowest BCUT2D eigenvalue weighted by Crippen LogP contribution is -2.35. The van der Waals surface area contributed by atoms with E-state index in [1.54, 1.807) is 0 Å². The summed E-state index contributed by atoms with van der Waals surface area (Å²) < 4.78 is 79.1. The Bertz CT molecular complexity index is 1500. The minimum Gasteiger partial charge on any atom is -0.433 e. The number of rotatable bonds is 40. The van der Waals surface area contributed by atoms with Gasteiger partial charge in [-0.15, -0.1) is 0 Å². The van der Waals surface area contributed by atoms with Gasteiger partial charge >= 0.3 is 25.5 Å². The van der Waals surface area contributed by atoms with Gasteiger partial charge in [0.1, 0.15) is 5.82 Å². The number of nitrogens with two attached hydrogens (primary N) is 1. The molecule has 2 N–H and O–H groups in total. The van der Waals surface area contributed by atoms with Crippen LogP contribution in [0.15, 0.2) is 17.1 Å².